The van der Waals surface area contributed by atoms with Gasteiger partial charge in [0, 0.05) is 19.6 Å². The molecule has 1 aliphatic rings. The molecule has 0 aromatic carbocycles. The number of hydrogen-bond donors (Lipinski definition) is 3. The molecule has 1 unspecified atom stereocenters. The third-order valence-corrected chi connectivity index (χ3v) is 3.03. The Kier molecular flexibility index (Phi) is 5.65. The zero-order valence-corrected chi connectivity index (χ0v) is 9.41. The predicted octanol–water partition coefficient (Wildman–Crippen LogP) is 0.797. The Labute approximate surface area is 92.0 Å². The van der Waals surface area contributed by atoms with Crippen molar-refractivity contribution in [2.75, 3.05) is 26.2 Å². The smallest absolute Gasteiger partial charge is 0.0905 e. The number of hydrogen-bond acceptors (Lipinski definition) is 3. The van der Waals surface area contributed by atoms with Gasteiger partial charge in [0.25, 0.3) is 0 Å². The molecule has 0 bridgehead atoms. The first kappa shape index (κ1) is 12.5. The maximum Gasteiger partial charge on any atom is 0.0905 e. The van der Waals surface area contributed by atoms with Crippen LogP contribution in [0.25, 0.3) is 0 Å². The fraction of sp³-hybridized carbons (Fsp3) is 0.909. The summed E-state index contributed by atoms with van der Waals surface area (Å²) in [4.78, 5) is 2.42. The van der Waals surface area contributed by atoms with Crippen molar-refractivity contribution < 1.29 is 5.11 Å². The Balaban J connectivity index is 2.07. The molecule has 4 heteroatoms. The molecule has 15 heavy (non-hydrogen) atoms. The van der Waals surface area contributed by atoms with Crippen LogP contribution in [-0.2, 0) is 0 Å². The summed E-state index contributed by atoms with van der Waals surface area (Å²) in [6.07, 6.45) is 5.21. The number of aliphatic hydroxyl groups excluding tert-OH is 1. The van der Waals surface area contributed by atoms with Gasteiger partial charge in [0.15, 0.2) is 0 Å². The molecule has 0 amide bonds. The van der Waals surface area contributed by atoms with Gasteiger partial charge in [0.05, 0.1) is 5.84 Å². The highest BCUT2D eigenvalue weighted by Crippen LogP contribution is 2.16. The summed E-state index contributed by atoms with van der Waals surface area (Å²) in [6.45, 7) is 3.61. The van der Waals surface area contributed by atoms with E-state index in [1.807, 2.05) is 0 Å². The Hall–Kier alpha value is -0.610. The van der Waals surface area contributed by atoms with Crippen LogP contribution >= 0.6 is 0 Å². The van der Waals surface area contributed by atoms with E-state index >= 15 is 0 Å². The van der Waals surface area contributed by atoms with Crippen molar-refractivity contribution in [1.29, 1.82) is 5.41 Å². The van der Waals surface area contributed by atoms with Crippen LogP contribution < -0.4 is 5.73 Å². The van der Waals surface area contributed by atoms with Gasteiger partial charge < -0.3 is 15.7 Å². The molecule has 4 N–H and O–H groups in total. The minimum Gasteiger partial charge on any atom is -0.396 e. The van der Waals surface area contributed by atoms with Crippen LogP contribution in [0.5, 0.6) is 0 Å². The fourth-order valence-corrected chi connectivity index (χ4v) is 2.15. The molecule has 0 spiro atoms. The lowest BCUT2D eigenvalue weighted by Crippen LogP contribution is -2.37. The second-order valence-electron chi connectivity index (χ2n) is 4.47. The van der Waals surface area contributed by atoms with Gasteiger partial charge in [-0.3, -0.25) is 5.41 Å². The van der Waals surface area contributed by atoms with E-state index in [4.69, 9.17) is 16.2 Å². The van der Waals surface area contributed by atoms with Crippen molar-refractivity contribution in [2.24, 2.45) is 11.7 Å². The van der Waals surface area contributed by atoms with Gasteiger partial charge >= 0.3 is 0 Å². The van der Waals surface area contributed by atoms with Crippen molar-refractivity contribution >= 4 is 5.84 Å². The van der Waals surface area contributed by atoms with Crippen LogP contribution in [0.1, 0.15) is 32.1 Å². The summed E-state index contributed by atoms with van der Waals surface area (Å²) in [5.74, 6) is 0.772. The first-order valence-electron chi connectivity index (χ1n) is 5.88. The number of rotatable bonds is 6. The highest BCUT2D eigenvalue weighted by Gasteiger charge is 2.18. The molecule has 4 nitrogen and oxygen atoms in total. The number of likely N-dealkylation sites (tertiary alicyclic amines) is 1. The number of nitrogens with zero attached hydrogens (tertiary/aromatic N) is 1. The number of amidine groups is 1. The summed E-state index contributed by atoms with van der Waals surface area (Å²) in [5, 5.41) is 16.2. The molecule has 0 aliphatic carbocycles. The summed E-state index contributed by atoms with van der Waals surface area (Å²) in [5.41, 5.74) is 5.29. The van der Waals surface area contributed by atoms with E-state index in [1.54, 1.807) is 0 Å². The third-order valence-electron chi connectivity index (χ3n) is 3.03. The lowest BCUT2D eigenvalue weighted by molar-refractivity contribution is 0.119. The maximum atomic E-state index is 9.08. The van der Waals surface area contributed by atoms with E-state index in [0.29, 0.717) is 18.4 Å². The van der Waals surface area contributed by atoms with Gasteiger partial charge in [-0.15, -0.1) is 0 Å². The number of unbranched alkanes of at least 4 members (excludes halogenated alkanes) is 1. The topological polar surface area (TPSA) is 73.3 Å². The number of aliphatic hydroxyl groups is 1. The molecule has 0 aromatic rings. The maximum absolute atomic E-state index is 9.08. The van der Waals surface area contributed by atoms with Crippen molar-refractivity contribution in [2.45, 2.75) is 32.1 Å². The number of nitrogens with two attached hydrogens (primary N) is 1. The Bertz CT molecular complexity index is 196. The molecule has 1 heterocycles. The summed E-state index contributed by atoms with van der Waals surface area (Å²) in [7, 11) is 0. The van der Waals surface area contributed by atoms with Crippen LogP contribution in [0.4, 0.5) is 0 Å². The zero-order chi connectivity index (χ0) is 11.1. The Morgan fingerprint density at radius 3 is 2.93 bits per heavy atom. The quantitative estimate of drug-likeness (QED) is 0.347. The SMILES string of the molecule is N=C(N)CCCCN1CCCC(CO)C1. The second-order valence-corrected chi connectivity index (χ2v) is 4.47. The zero-order valence-electron chi connectivity index (χ0n) is 9.41. The van der Waals surface area contributed by atoms with Crippen LogP contribution in [0.15, 0.2) is 0 Å². The Morgan fingerprint density at radius 2 is 2.27 bits per heavy atom. The normalized spacial score (nSPS) is 22.9. The van der Waals surface area contributed by atoms with Gasteiger partial charge in [-0.2, -0.15) is 0 Å². The summed E-state index contributed by atoms with van der Waals surface area (Å²) < 4.78 is 0. The monoisotopic (exact) mass is 213 g/mol. The highest BCUT2D eigenvalue weighted by atomic mass is 16.3. The first-order valence-corrected chi connectivity index (χ1v) is 5.88. The van der Waals surface area contributed by atoms with Crippen molar-refractivity contribution in [3.8, 4) is 0 Å². The molecule has 1 saturated heterocycles. The van der Waals surface area contributed by atoms with E-state index in [1.165, 1.54) is 12.8 Å². The second kappa shape index (κ2) is 6.80. The summed E-state index contributed by atoms with van der Waals surface area (Å²) >= 11 is 0. The highest BCUT2D eigenvalue weighted by molar-refractivity contribution is 5.76. The molecule has 1 aliphatic heterocycles. The third kappa shape index (κ3) is 5.14. The molecule has 1 atom stereocenters. The van der Waals surface area contributed by atoms with Crippen LogP contribution in [0, 0.1) is 11.3 Å². The Morgan fingerprint density at radius 1 is 1.47 bits per heavy atom. The molecule has 1 rings (SSSR count). The van der Waals surface area contributed by atoms with Gasteiger partial charge in [-0.05, 0) is 44.7 Å². The minimum absolute atomic E-state index is 0.293. The number of piperidine rings is 1. The van der Waals surface area contributed by atoms with E-state index in [-0.39, 0.29) is 0 Å². The molecule has 0 radical (unpaired) electrons. The van der Waals surface area contributed by atoms with Crippen molar-refractivity contribution in [1.82, 2.24) is 4.90 Å². The lowest BCUT2D eigenvalue weighted by Gasteiger charge is -2.31. The van der Waals surface area contributed by atoms with Gasteiger partial charge in [0.1, 0.15) is 0 Å². The van der Waals surface area contributed by atoms with Gasteiger partial charge in [-0.1, -0.05) is 0 Å². The standard InChI is InChI=1S/C11H23N3O/c12-11(13)5-1-2-6-14-7-3-4-10(8-14)9-15/h10,15H,1-9H2,(H3,12,13). The lowest BCUT2D eigenvalue weighted by atomic mass is 9.99. The molecular formula is C11H23N3O. The molecule has 0 aromatic heterocycles. The first-order chi connectivity index (χ1) is 7.22. The molecule has 1 fully saturated rings. The van der Waals surface area contributed by atoms with E-state index in [2.05, 4.69) is 4.90 Å². The fourth-order valence-electron chi connectivity index (χ4n) is 2.15. The van der Waals surface area contributed by atoms with Crippen LogP contribution in [0.2, 0.25) is 0 Å². The van der Waals surface area contributed by atoms with Crippen LogP contribution in [-0.4, -0.2) is 42.1 Å². The molecule has 88 valence electrons. The molecular weight excluding hydrogens is 190 g/mol. The average Bonchev–Trinajstić information content (AvgIpc) is 2.24. The summed E-state index contributed by atoms with van der Waals surface area (Å²) in [6, 6.07) is 0. The predicted molar refractivity (Wildman–Crippen MR) is 62.0 cm³/mol. The van der Waals surface area contributed by atoms with E-state index in [9.17, 15) is 0 Å². The van der Waals surface area contributed by atoms with Crippen molar-refractivity contribution in [3.63, 3.8) is 0 Å². The average molecular weight is 213 g/mol. The minimum atomic E-state index is 0.293. The van der Waals surface area contributed by atoms with Crippen LogP contribution in [0.3, 0.4) is 0 Å². The number of nitrogens with one attached hydrogen (secondary N) is 1. The van der Waals surface area contributed by atoms with Gasteiger partial charge in [-0.25, -0.2) is 0 Å². The largest absolute Gasteiger partial charge is 0.396 e. The van der Waals surface area contributed by atoms with E-state index in [0.717, 1.165) is 38.9 Å². The van der Waals surface area contributed by atoms with Gasteiger partial charge in [0.2, 0.25) is 0 Å². The van der Waals surface area contributed by atoms with E-state index < -0.39 is 0 Å². The molecule has 0 saturated carbocycles. The van der Waals surface area contributed by atoms with Crippen molar-refractivity contribution in [3.05, 3.63) is 0 Å².